The van der Waals surface area contributed by atoms with Crippen molar-refractivity contribution in [2.75, 3.05) is 12.4 Å². The first-order chi connectivity index (χ1) is 5.15. The zero-order chi connectivity index (χ0) is 8.43. The number of rotatable bonds is 1. The van der Waals surface area contributed by atoms with Crippen molar-refractivity contribution in [1.29, 1.82) is 0 Å². The summed E-state index contributed by atoms with van der Waals surface area (Å²) in [7, 11) is 1.55. The molecule has 0 aliphatic heterocycles. The maximum Gasteiger partial charge on any atom is 0.220 e. The fourth-order valence-corrected chi connectivity index (χ4v) is 0.677. The number of nitrogens with zero attached hydrogens (tertiary/aromatic N) is 1. The van der Waals surface area contributed by atoms with E-state index in [0.717, 1.165) is 6.07 Å². The normalized spacial score (nSPS) is 9.82. The van der Waals surface area contributed by atoms with E-state index in [2.05, 4.69) is 10.3 Å². The second-order valence-electron chi connectivity index (χ2n) is 2.16. The molecule has 1 rings (SSSR count). The number of pyridine rings is 1. The first kappa shape index (κ1) is 7.91. The van der Waals surface area contributed by atoms with Crippen LogP contribution in [-0.2, 0) is 0 Å². The van der Waals surface area contributed by atoms with Crippen LogP contribution in [0.15, 0.2) is 6.07 Å². The average molecular weight is 158 g/mol. The maximum atomic E-state index is 12.7. The lowest BCUT2D eigenvalue weighted by atomic mass is 10.3. The minimum atomic E-state index is -0.769. The van der Waals surface area contributed by atoms with E-state index in [4.69, 9.17) is 0 Å². The van der Waals surface area contributed by atoms with E-state index in [1.54, 1.807) is 7.05 Å². The Labute approximate surface area is 63.3 Å². The molecule has 1 N–H and O–H groups in total. The van der Waals surface area contributed by atoms with Gasteiger partial charge in [0.25, 0.3) is 0 Å². The zero-order valence-electron chi connectivity index (χ0n) is 6.28. The number of halogens is 2. The van der Waals surface area contributed by atoms with Gasteiger partial charge in [0.05, 0.1) is 0 Å². The fraction of sp³-hybridized carbons (Fsp3) is 0.286. The highest BCUT2D eigenvalue weighted by molar-refractivity contribution is 5.35. The molecule has 2 nitrogen and oxygen atoms in total. The van der Waals surface area contributed by atoms with Crippen molar-refractivity contribution >= 4 is 5.82 Å². The van der Waals surface area contributed by atoms with Gasteiger partial charge in [0.15, 0.2) is 0 Å². The predicted molar refractivity (Wildman–Crippen MR) is 38.4 cm³/mol. The van der Waals surface area contributed by atoms with Crippen LogP contribution in [-0.4, -0.2) is 12.0 Å². The van der Waals surface area contributed by atoms with Gasteiger partial charge in [-0.05, 0) is 6.92 Å². The molecule has 1 aromatic heterocycles. The lowest BCUT2D eigenvalue weighted by Gasteiger charge is -2.01. The number of nitrogens with one attached hydrogen (secondary N) is 1. The van der Waals surface area contributed by atoms with Crippen molar-refractivity contribution in [2.45, 2.75) is 6.92 Å². The van der Waals surface area contributed by atoms with Gasteiger partial charge in [-0.15, -0.1) is 0 Å². The van der Waals surface area contributed by atoms with Gasteiger partial charge in [-0.1, -0.05) is 0 Å². The van der Waals surface area contributed by atoms with Gasteiger partial charge in [0.2, 0.25) is 5.95 Å². The molecule has 0 fully saturated rings. The summed E-state index contributed by atoms with van der Waals surface area (Å²) < 4.78 is 25.3. The summed E-state index contributed by atoms with van der Waals surface area (Å²) in [5.41, 5.74) is -0.0519. The third-order valence-electron chi connectivity index (χ3n) is 1.41. The Hall–Kier alpha value is -1.19. The molecule has 0 unspecified atom stereocenters. The topological polar surface area (TPSA) is 24.9 Å². The molecule has 1 aromatic rings. The van der Waals surface area contributed by atoms with E-state index in [1.807, 2.05) is 0 Å². The van der Waals surface area contributed by atoms with Crippen molar-refractivity contribution in [3.63, 3.8) is 0 Å². The molecule has 4 heteroatoms. The lowest BCUT2D eigenvalue weighted by Crippen LogP contribution is -1.99. The van der Waals surface area contributed by atoms with Crippen LogP contribution in [0.4, 0.5) is 14.6 Å². The molecule has 0 bridgehead atoms. The highest BCUT2D eigenvalue weighted by atomic mass is 19.1. The van der Waals surface area contributed by atoms with Gasteiger partial charge in [-0.2, -0.15) is 4.39 Å². The molecular formula is C7H8F2N2. The van der Waals surface area contributed by atoms with Crippen LogP contribution in [0.1, 0.15) is 5.56 Å². The summed E-state index contributed by atoms with van der Waals surface area (Å²) in [6, 6.07) is 1.15. The van der Waals surface area contributed by atoms with Crippen LogP contribution in [0.3, 0.4) is 0 Å². The smallest absolute Gasteiger partial charge is 0.220 e. The molecule has 0 spiro atoms. The number of hydrogen-bond donors (Lipinski definition) is 1. The molecule has 0 aliphatic carbocycles. The molecular weight excluding hydrogens is 150 g/mol. The van der Waals surface area contributed by atoms with Crippen molar-refractivity contribution in [3.8, 4) is 0 Å². The van der Waals surface area contributed by atoms with E-state index in [1.165, 1.54) is 6.92 Å². The third-order valence-corrected chi connectivity index (χ3v) is 1.41. The first-order valence-corrected chi connectivity index (χ1v) is 3.15. The number of aromatic nitrogens is 1. The molecule has 1 heterocycles. The Bertz CT molecular complexity index is 250. The van der Waals surface area contributed by atoms with Crippen molar-refractivity contribution in [2.24, 2.45) is 0 Å². The Morgan fingerprint density at radius 1 is 1.45 bits per heavy atom. The van der Waals surface area contributed by atoms with Crippen molar-refractivity contribution < 1.29 is 8.78 Å². The predicted octanol–water partition coefficient (Wildman–Crippen LogP) is 1.71. The van der Waals surface area contributed by atoms with Gasteiger partial charge >= 0.3 is 0 Å². The largest absolute Gasteiger partial charge is 0.373 e. The van der Waals surface area contributed by atoms with Crippen LogP contribution in [0.2, 0.25) is 0 Å². The Kier molecular flexibility index (Phi) is 2.03. The standard InChI is InChI=1S/C7H8F2N2/c1-4-5(8)3-6(10-2)11-7(4)9/h3H,1-2H3,(H,10,11). The second kappa shape index (κ2) is 2.82. The monoisotopic (exact) mass is 158 g/mol. The van der Waals surface area contributed by atoms with Crippen LogP contribution in [0, 0.1) is 18.7 Å². The number of hydrogen-bond acceptors (Lipinski definition) is 2. The van der Waals surface area contributed by atoms with Gasteiger partial charge in [-0.25, -0.2) is 9.37 Å². The summed E-state index contributed by atoms with van der Waals surface area (Å²) in [5, 5.41) is 2.54. The highest BCUT2D eigenvalue weighted by Crippen LogP contribution is 2.12. The van der Waals surface area contributed by atoms with Crippen LogP contribution in [0.5, 0.6) is 0 Å². The van der Waals surface area contributed by atoms with Crippen LogP contribution in [0.25, 0.3) is 0 Å². The van der Waals surface area contributed by atoms with Crippen molar-refractivity contribution in [1.82, 2.24) is 4.98 Å². The maximum absolute atomic E-state index is 12.7. The van der Waals surface area contributed by atoms with E-state index < -0.39 is 11.8 Å². The van der Waals surface area contributed by atoms with Crippen molar-refractivity contribution in [3.05, 3.63) is 23.4 Å². The summed E-state index contributed by atoms with van der Waals surface area (Å²) in [6.07, 6.45) is 0. The first-order valence-electron chi connectivity index (χ1n) is 3.15. The minimum Gasteiger partial charge on any atom is -0.373 e. The molecule has 11 heavy (non-hydrogen) atoms. The minimum absolute atomic E-state index is 0.0519. The molecule has 60 valence electrons. The van der Waals surface area contributed by atoms with E-state index in [-0.39, 0.29) is 11.4 Å². The second-order valence-corrected chi connectivity index (χ2v) is 2.16. The summed E-state index contributed by atoms with van der Waals surface area (Å²) in [6.45, 7) is 1.34. The molecule has 0 amide bonds. The van der Waals surface area contributed by atoms with Crippen LogP contribution < -0.4 is 5.32 Å². The Balaban J connectivity index is 3.21. The summed E-state index contributed by atoms with van der Waals surface area (Å²) in [4.78, 5) is 3.43. The summed E-state index contributed by atoms with van der Waals surface area (Å²) in [5.74, 6) is -1.15. The van der Waals surface area contributed by atoms with Gasteiger partial charge in [0.1, 0.15) is 11.6 Å². The zero-order valence-corrected chi connectivity index (χ0v) is 6.28. The third kappa shape index (κ3) is 1.45. The molecule has 0 saturated heterocycles. The Morgan fingerprint density at radius 2 is 2.09 bits per heavy atom. The molecule has 0 aromatic carbocycles. The molecule has 0 radical (unpaired) electrons. The SMILES string of the molecule is CNc1cc(F)c(C)c(F)n1. The van der Waals surface area contributed by atoms with Gasteiger partial charge < -0.3 is 5.32 Å². The van der Waals surface area contributed by atoms with E-state index in [9.17, 15) is 8.78 Å². The highest BCUT2D eigenvalue weighted by Gasteiger charge is 2.06. The average Bonchev–Trinajstić information content (AvgIpc) is 1.99. The van der Waals surface area contributed by atoms with E-state index >= 15 is 0 Å². The Morgan fingerprint density at radius 3 is 2.55 bits per heavy atom. The molecule has 0 atom stereocenters. The van der Waals surface area contributed by atoms with Crippen LogP contribution >= 0.6 is 0 Å². The number of anilines is 1. The molecule has 0 aliphatic rings. The quantitative estimate of drug-likeness (QED) is 0.629. The van der Waals surface area contributed by atoms with Gasteiger partial charge in [0, 0.05) is 18.7 Å². The lowest BCUT2D eigenvalue weighted by molar-refractivity contribution is 0.539. The van der Waals surface area contributed by atoms with Gasteiger partial charge in [-0.3, -0.25) is 0 Å². The molecule has 0 saturated carbocycles. The summed E-state index contributed by atoms with van der Waals surface area (Å²) >= 11 is 0. The fourth-order valence-electron chi connectivity index (χ4n) is 0.677. The van der Waals surface area contributed by atoms with E-state index in [0.29, 0.717) is 0 Å².